The molecule has 3 aromatic rings. The van der Waals surface area contributed by atoms with Gasteiger partial charge in [0.15, 0.2) is 6.61 Å². The Morgan fingerprint density at radius 1 is 1.13 bits per heavy atom. The van der Waals surface area contributed by atoms with E-state index in [1.807, 2.05) is 12.1 Å². The van der Waals surface area contributed by atoms with E-state index in [2.05, 4.69) is 5.10 Å². The summed E-state index contributed by atoms with van der Waals surface area (Å²) in [5, 5.41) is 5.65. The lowest BCUT2D eigenvalue weighted by Gasteiger charge is -2.19. The standard InChI is InChI=1S/C23H20N2O6/c1-28-19-7-3-2-6-16(19)10-11-23(27)31-15-22(26)25-18(21-9-5-13-30-21)14-17(24-25)20-8-4-12-29-20/h2-13,18H,14-15H2,1H3/b11-10+. The Morgan fingerprint density at radius 3 is 2.68 bits per heavy atom. The fraction of sp³-hybridized carbons (Fsp3) is 0.174. The van der Waals surface area contributed by atoms with E-state index in [1.54, 1.807) is 55.8 Å². The second kappa shape index (κ2) is 9.17. The number of carbonyl (C=O) groups is 2. The van der Waals surface area contributed by atoms with Gasteiger partial charge in [-0.05, 0) is 36.4 Å². The van der Waals surface area contributed by atoms with E-state index >= 15 is 0 Å². The molecule has 3 heterocycles. The van der Waals surface area contributed by atoms with Crippen molar-refractivity contribution in [2.24, 2.45) is 5.10 Å². The fourth-order valence-electron chi connectivity index (χ4n) is 3.24. The van der Waals surface area contributed by atoms with Gasteiger partial charge in [-0.2, -0.15) is 5.10 Å². The van der Waals surface area contributed by atoms with E-state index in [9.17, 15) is 9.59 Å². The highest BCUT2D eigenvalue weighted by Crippen LogP contribution is 2.33. The van der Waals surface area contributed by atoms with Crippen LogP contribution in [0.15, 0.2) is 81.1 Å². The summed E-state index contributed by atoms with van der Waals surface area (Å²) in [4.78, 5) is 24.9. The van der Waals surface area contributed by atoms with Crippen LogP contribution < -0.4 is 4.74 Å². The van der Waals surface area contributed by atoms with Crippen LogP contribution in [-0.2, 0) is 14.3 Å². The van der Waals surface area contributed by atoms with Crippen molar-refractivity contribution >= 4 is 23.7 Å². The summed E-state index contributed by atoms with van der Waals surface area (Å²) in [7, 11) is 1.55. The topological polar surface area (TPSA) is 94.5 Å². The van der Waals surface area contributed by atoms with E-state index < -0.39 is 24.5 Å². The zero-order valence-corrected chi connectivity index (χ0v) is 16.8. The van der Waals surface area contributed by atoms with Crippen LogP contribution in [0, 0.1) is 0 Å². The Bertz CT molecular complexity index is 1100. The Hall–Kier alpha value is -4.07. The summed E-state index contributed by atoms with van der Waals surface area (Å²) < 4.78 is 21.2. The van der Waals surface area contributed by atoms with Gasteiger partial charge in [-0.15, -0.1) is 0 Å². The zero-order valence-electron chi connectivity index (χ0n) is 16.8. The largest absolute Gasteiger partial charge is 0.496 e. The minimum atomic E-state index is -0.650. The minimum absolute atomic E-state index is 0.425. The number of carbonyl (C=O) groups excluding carboxylic acids is 2. The molecule has 0 radical (unpaired) electrons. The molecule has 158 valence electrons. The van der Waals surface area contributed by atoms with Crippen molar-refractivity contribution in [2.45, 2.75) is 12.5 Å². The molecular weight excluding hydrogens is 400 g/mol. The van der Waals surface area contributed by atoms with Crippen molar-refractivity contribution in [3.05, 3.63) is 84.2 Å². The molecule has 1 aromatic carbocycles. The second-order valence-corrected chi connectivity index (χ2v) is 6.68. The van der Waals surface area contributed by atoms with Gasteiger partial charge in [-0.25, -0.2) is 9.80 Å². The van der Waals surface area contributed by atoms with Crippen molar-refractivity contribution in [1.82, 2.24) is 5.01 Å². The number of benzene rings is 1. The maximum absolute atomic E-state index is 12.8. The lowest BCUT2D eigenvalue weighted by molar-refractivity contribution is -0.149. The van der Waals surface area contributed by atoms with Gasteiger partial charge >= 0.3 is 5.97 Å². The third-order valence-electron chi connectivity index (χ3n) is 4.72. The first-order valence-corrected chi connectivity index (χ1v) is 9.60. The Kier molecular flexibility index (Phi) is 5.98. The summed E-state index contributed by atoms with van der Waals surface area (Å²) in [5.74, 6) is 0.663. The lowest BCUT2D eigenvalue weighted by atomic mass is 10.1. The molecule has 8 nitrogen and oxygen atoms in total. The first-order chi connectivity index (χ1) is 15.2. The van der Waals surface area contributed by atoms with Gasteiger partial charge in [0.1, 0.15) is 29.0 Å². The van der Waals surface area contributed by atoms with Crippen LogP contribution in [0.2, 0.25) is 0 Å². The highest BCUT2D eigenvalue weighted by atomic mass is 16.5. The quantitative estimate of drug-likeness (QED) is 0.426. The van der Waals surface area contributed by atoms with Gasteiger partial charge in [0.2, 0.25) is 0 Å². The molecule has 0 saturated heterocycles. The number of methoxy groups -OCH3 is 1. The summed E-state index contributed by atoms with van der Waals surface area (Å²) in [6.07, 6.45) is 6.32. The molecule has 31 heavy (non-hydrogen) atoms. The molecule has 0 bridgehead atoms. The molecule has 1 amide bonds. The number of rotatable bonds is 7. The minimum Gasteiger partial charge on any atom is -0.496 e. The van der Waals surface area contributed by atoms with E-state index in [4.69, 9.17) is 18.3 Å². The SMILES string of the molecule is COc1ccccc1/C=C/C(=O)OCC(=O)N1N=C(c2ccco2)CC1c1ccco1. The van der Waals surface area contributed by atoms with Crippen molar-refractivity contribution in [3.63, 3.8) is 0 Å². The molecule has 0 aliphatic carbocycles. The molecule has 0 N–H and O–H groups in total. The van der Waals surface area contributed by atoms with E-state index in [0.717, 1.165) is 5.56 Å². The first kappa shape index (κ1) is 20.2. The molecule has 0 fully saturated rings. The predicted octanol–water partition coefficient (Wildman–Crippen LogP) is 3.82. The number of amides is 1. The Labute approximate surface area is 178 Å². The molecular formula is C23H20N2O6. The monoisotopic (exact) mass is 420 g/mol. The lowest BCUT2D eigenvalue weighted by Crippen LogP contribution is -2.31. The van der Waals surface area contributed by atoms with Crippen LogP contribution >= 0.6 is 0 Å². The zero-order chi connectivity index (χ0) is 21.6. The highest BCUT2D eigenvalue weighted by molar-refractivity contribution is 6.01. The predicted molar refractivity (Wildman–Crippen MR) is 111 cm³/mol. The van der Waals surface area contributed by atoms with Gasteiger partial charge in [-0.1, -0.05) is 18.2 Å². The van der Waals surface area contributed by atoms with E-state index in [1.165, 1.54) is 17.3 Å². The molecule has 1 aliphatic rings. The molecule has 1 aliphatic heterocycles. The fourth-order valence-corrected chi connectivity index (χ4v) is 3.24. The summed E-state index contributed by atoms with van der Waals surface area (Å²) >= 11 is 0. The van der Waals surface area contributed by atoms with Gasteiger partial charge < -0.3 is 18.3 Å². The maximum Gasteiger partial charge on any atom is 0.331 e. The summed E-state index contributed by atoms with van der Waals surface area (Å²) in [6, 6.07) is 13.8. The average molecular weight is 420 g/mol. The third kappa shape index (κ3) is 4.58. The molecule has 2 aromatic heterocycles. The molecule has 0 spiro atoms. The van der Waals surface area contributed by atoms with Crippen molar-refractivity contribution < 1.29 is 27.9 Å². The number of para-hydroxylation sites is 1. The van der Waals surface area contributed by atoms with E-state index in [-0.39, 0.29) is 0 Å². The smallest absolute Gasteiger partial charge is 0.331 e. The van der Waals surface area contributed by atoms with E-state index in [0.29, 0.717) is 29.4 Å². The summed E-state index contributed by atoms with van der Waals surface area (Å²) in [5.41, 5.74) is 1.33. The number of nitrogens with zero attached hydrogens (tertiary/aromatic N) is 2. The van der Waals surface area contributed by atoms with Crippen LogP contribution in [0.25, 0.3) is 6.08 Å². The Morgan fingerprint density at radius 2 is 1.94 bits per heavy atom. The van der Waals surface area contributed by atoms with Crippen LogP contribution in [0.3, 0.4) is 0 Å². The van der Waals surface area contributed by atoms with Crippen LogP contribution in [-0.4, -0.2) is 36.3 Å². The van der Waals surface area contributed by atoms with Crippen LogP contribution in [0.4, 0.5) is 0 Å². The van der Waals surface area contributed by atoms with Gasteiger partial charge in [0, 0.05) is 18.1 Å². The number of hydrogen-bond acceptors (Lipinski definition) is 7. The number of esters is 1. The molecule has 1 atom stereocenters. The third-order valence-corrected chi connectivity index (χ3v) is 4.72. The Balaban J connectivity index is 1.42. The first-order valence-electron chi connectivity index (χ1n) is 9.60. The molecule has 8 heteroatoms. The highest BCUT2D eigenvalue weighted by Gasteiger charge is 2.36. The van der Waals surface area contributed by atoms with Crippen molar-refractivity contribution in [2.75, 3.05) is 13.7 Å². The normalized spacial score (nSPS) is 15.8. The molecule has 1 unspecified atom stereocenters. The molecule has 0 saturated carbocycles. The average Bonchev–Trinajstić information content (AvgIpc) is 3.56. The number of hydrogen-bond donors (Lipinski definition) is 0. The number of furan rings is 2. The van der Waals surface area contributed by atoms with Gasteiger partial charge in [0.05, 0.1) is 19.6 Å². The molecule has 4 rings (SSSR count). The summed E-state index contributed by atoms with van der Waals surface area (Å²) in [6.45, 7) is -0.457. The van der Waals surface area contributed by atoms with Crippen LogP contribution in [0.5, 0.6) is 5.75 Å². The van der Waals surface area contributed by atoms with Gasteiger partial charge in [-0.3, -0.25) is 4.79 Å². The van der Waals surface area contributed by atoms with Crippen molar-refractivity contribution in [3.8, 4) is 5.75 Å². The second-order valence-electron chi connectivity index (χ2n) is 6.68. The van der Waals surface area contributed by atoms with Gasteiger partial charge in [0.25, 0.3) is 5.91 Å². The number of hydrazone groups is 1. The van der Waals surface area contributed by atoms with Crippen molar-refractivity contribution in [1.29, 1.82) is 0 Å². The van der Waals surface area contributed by atoms with Crippen LogP contribution in [0.1, 0.15) is 29.5 Å². The number of ether oxygens (including phenoxy) is 2. The maximum atomic E-state index is 12.8.